The number of benzene rings is 2. The summed E-state index contributed by atoms with van der Waals surface area (Å²) in [5.74, 6) is 1.79. The molecule has 0 unspecified atom stereocenters. The Morgan fingerprint density at radius 1 is 1.10 bits per heavy atom. The molecule has 0 bridgehead atoms. The zero-order chi connectivity index (χ0) is 20.5. The number of nitrogens with one attached hydrogen (secondary N) is 2. The molecule has 1 fully saturated rings. The molecule has 29 heavy (non-hydrogen) atoms. The number of hydrogen-bond acceptors (Lipinski definition) is 3. The fourth-order valence-corrected chi connectivity index (χ4v) is 3.79. The Morgan fingerprint density at radius 2 is 1.86 bits per heavy atom. The summed E-state index contributed by atoms with van der Waals surface area (Å²) in [5.41, 5.74) is 3.75. The first-order valence-electron chi connectivity index (χ1n) is 10.6. The van der Waals surface area contributed by atoms with Gasteiger partial charge in [0, 0.05) is 32.2 Å². The summed E-state index contributed by atoms with van der Waals surface area (Å²) >= 11 is 0. The molecule has 0 radical (unpaired) electrons. The Bertz CT molecular complexity index is 783. The number of nitrogens with zero attached hydrogens (tertiary/aromatic N) is 2. The van der Waals surface area contributed by atoms with Gasteiger partial charge in [0.2, 0.25) is 0 Å². The first-order chi connectivity index (χ1) is 14.2. The predicted molar refractivity (Wildman–Crippen MR) is 120 cm³/mol. The third kappa shape index (κ3) is 6.79. The summed E-state index contributed by atoms with van der Waals surface area (Å²) in [7, 11) is 1.71. The molecule has 5 heteroatoms. The number of methoxy groups -OCH3 is 1. The second-order valence-electron chi connectivity index (χ2n) is 7.73. The molecule has 3 rings (SSSR count). The number of aliphatic imine (C=N–C) groups is 1. The molecule has 0 aliphatic carbocycles. The van der Waals surface area contributed by atoms with Crippen LogP contribution in [0.5, 0.6) is 5.75 Å². The van der Waals surface area contributed by atoms with Crippen molar-refractivity contribution in [2.75, 3.05) is 26.7 Å². The fourth-order valence-electron chi connectivity index (χ4n) is 3.79. The van der Waals surface area contributed by atoms with Crippen molar-refractivity contribution in [1.29, 1.82) is 0 Å². The molecule has 2 aromatic rings. The standard InChI is InChI=1S/C24H34N4O/c1-4-25-24(26-17-21-14-19(2)15-23(16-21)29-3)27-22-10-12-28(13-11-22)18-20-8-6-5-7-9-20/h5-9,14-16,22H,4,10-13,17-18H2,1-3H3,(H2,25,26,27). The van der Waals surface area contributed by atoms with Crippen molar-refractivity contribution in [3.63, 3.8) is 0 Å². The Labute approximate surface area is 175 Å². The highest BCUT2D eigenvalue weighted by Gasteiger charge is 2.20. The van der Waals surface area contributed by atoms with E-state index >= 15 is 0 Å². The number of guanidine groups is 1. The van der Waals surface area contributed by atoms with Crippen molar-refractivity contribution >= 4 is 5.96 Å². The predicted octanol–water partition coefficient (Wildman–Crippen LogP) is 3.72. The van der Waals surface area contributed by atoms with Gasteiger partial charge in [-0.05, 0) is 55.5 Å². The highest BCUT2D eigenvalue weighted by Crippen LogP contribution is 2.17. The third-order valence-electron chi connectivity index (χ3n) is 5.29. The minimum atomic E-state index is 0.465. The lowest BCUT2D eigenvalue weighted by Crippen LogP contribution is -2.48. The highest BCUT2D eigenvalue weighted by atomic mass is 16.5. The van der Waals surface area contributed by atoms with E-state index < -0.39 is 0 Å². The Hall–Kier alpha value is -2.53. The summed E-state index contributed by atoms with van der Waals surface area (Å²) in [4.78, 5) is 7.34. The van der Waals surface area contributed by atoms with Crippen LogP contribution in [0.4, 0.5) is 0 Å². The molecule has 2 aromatic carbocycles. The molecule has 1 heterocycles. The number of ether oxygens (including phenoxy) is 1. The van der Waals surface area contributed by atoms with E-state index in [9.17, 15) is 0 Å². The van der Waals surface area contributed by atoms with Crippen LogP contribution >= 0.6 is 0 Å². The third-order valence-corrected chi connectivity index (χ3v) is 5.29. The molecule has 5 nitrogen and oxygen atoms in total. The van der Waals surface area contributed by atoms with E-state index in [-0.39, 0.29) is 0 Å². The summed E-state index contributed by atoms with van der Waals surface area (Å²) in [6.45, 7) is 8.95. The summed E-state index contributed by atoms with van der Waals surface area (Å²) in [5, 5.41) is 7.02. The van der Waals surface area contributed by atoms with Gasteiger partial charge in [0.05, 0.1) is 13.7 Å². The molecule has 0 amide bonds. The molecule has 0 aromatic heterocycles. The van der Waals surface area contributed by atoms with E-state index in [0.29, 0.717) is 12.6 Å². The second kappa shape index (κ2) is 10.9. The van der Waals surface area contributed by atoms with Gasteiger partial charge in [-0.25, -0.2) is 4.99 Å². The number of likely N-dealkylation sites (tertiary alicyclic amines) is 1. The van der Waals surface area contributed by atoms with Crippen LogP contribution in [0.15, 0.2) is 53.5 Å². The van der Waals surface area contributed by atoms with Gasteiger partial charge in [0.15, 0.2) is 5.96 Å². The quantitative estimate of drug-likeness (QED) is 0.555. The lowest BCUT2D eigenvalue weighted by atomic mass is 10.0. The molecular weight excluding hydrogens is 360 g/mol. The molecule has 0 atom stereocenters. The minimum absolute atomic E-state index is 0.465. The maximum atomic E-state index is 5.38. The van der Waals surface area contributed by atoms with Crippen LogP contribution in [-0.2, 0) is 13.1 Å². The van der Waals surface area contributed by atoms with E-state index in [2.05, 4.69) is 71.8 Å². The number of rotatable bonds is 7. The monoisotopic (exact) mass is 394 g/mol. The molecule has 1 aliphatic rings. The molecule has 156 valence electrons. The maximum absolute atomic E-state index is 5.38. The summed E-state index contributed by atoms with van der Waals surface area (Å²) < 4.78 is 5.38. The smallest absolute Gasteiger partial charge is 0.191 e. The van der Waals surface area contributed by atoms with Gasteiger partial charge in [0.1, 0.15) is 5.75 Å². The molecule has 1 aliphatic heterocycles. The van der Waals surface area contributed by atoms with E-state index in [4.69, 9.17) is 9.73 Å². The van der Waals surface area contributed by atoms with Crippen LogP contribution in [0.25, 0.3) is 0 Å². The Morgan fingerprint density at radius 3 is 2.55 bits per heavy atom. The zero-order valence-corrected chi connectivity index (χ0v) is 17.9. The fraction of sp³-hybridized carbons (Fsp3) is 0.458. The van der Waals surface area contributed by atoms with Crippen molar-refractivity contribution in [3.05, 3.63) is 65.2 Å². The van der Waals surface area contributed by atoms with Crippen LogP contribution in [0.3, 0.4) is 0 Å². The van der Waals surface area contributed by atoms with Crippen molar-refractivity contribution in [3.8, 4) is 5.75 Å². The van der Waals surface area contributed by atoms with Crippen LogP contribution in [0.1, 0.15) is 36.5 Å². The van der Waals surface area contributed by atoms with Crippen molar-refractivity contribution < 1.29 is 4.74 Å². The van der Waals surface area contributed by atoms with Gasteiger partial charge >= 0.3 is 0 Å². The Kier molecular flexibility index (Phi) is 7.94. The summed E-state index contributed by atoms with van der Waals surface area (Å²) in [6.07, 6.45) is 2.27. The molecule has 2 N–H and O–H groups in total. The number of aryl methyl sites for hydroxylation is 1. The van der Waals surface area contributed by atoms with Crippen molar-refractivity contribution in [2.45, 2.75) is 45.8 Å². The van der Waals surface area contributed by atoms with Crippen LogP contribution in [-0.4, -0.2) is 43.6 Å². The van der Waals surface area contributed by atoms with Crippen LogP contribution in [0.2, 0.25) is 0 Å². The molecule has 0 spiro atoms. The van der Waals surface area contributed by atoms with Gasteiger partial charge in [-0.2, -0.15) is 0 Å². The van der Waals surface area contributed by atoms with E-state index in [1.807, 2.05) is 6.07 Å². The van der Waals surface area contributed by atoms with Crippen LogP contribution in [0, 0.1) is 6.92 Å². The highest BCUT2D eigenvalue weighted by molar-refractivity contribution is 5.80. The van der Waals surface area contributed by atoms with E-state index in [1.165, 1.54) is 11.1 Å². The van der Waals surface area contributed by atoms with Gasteiger partial charge in [-0.3, -0.25) is 4.90 Å². The van der Waals surface area contributed by atoms with Crippen molar-refractivity contribution in [2.24, 2.45) is 4.99 Å². The normalized spacial score (nSPS) is 15.9. The van der Waals surface area contributed by atoms with Crippen molar-refractivity contribution in [1.82, 2.24) is 15.5 Å². The molecule has 1 saturated heterocycles. The molecular formula is C24H34N4O. The lowest BCUT2D eigenvalue weighted by Gasteiger charge is -2.33. The largest absolute Gasteiger partial charge is 0.497 e. The second-order valence-corrected chi connectivity index (χ2v) is 7.73. The average molecular weight is 395 g/mol. The summed E-state index contributed by atoms with van der Waals surface area (Å²) in [6, 6.07) is 17.5. The Balaban J connectivity index is 1.53. The average Bonchev–Trinajstić information content (AvgIpc) is 2.74. The van der Waals surface area contributed by atoms with Gasteiger partial charge in [-0.15, -0.1) is 0 Å². The first-order valence-corrected chi connectivity index (χ1v) is 10.6. The van der Waals surface area contributed by atoms with E-state index in [1.54, 1.807) is 7.11 Å². The lowest BCUT2D eigenvalue weighted by molar-refractivity contribution is 0.198. The maximum Gasteiger partial charge on any atom is 0.191 e. The molecule has 0 saturated carbocycles. The van der Waals surface area contributed by atoms with Gasteiger partial charge in [0.25, 0.3) is 0 Å². The first kappa shape index (κ1) is 21.2. The number of hydrogen-bond donors (Lipinski definition) is 2. The van der Waals surface area contributed by atoms with Gasteiger partial charge in [-0.1, -0.05) is 36.4 Å². The zero-order valence-electron chi connectivity index (χ0n) is 17.9. The number of piperidine rings is 1. The van der Waals surface area contributed by atoms with E-state index in [0.717, 1.165) is 56.3 Å². The topological polar surface area (TPSA) is 48.9 Å². The van der Waals surface area contributed by atoms with Gasteiger partial charge < -0.3 is 15.4 Å². The minimum Gasteiger partial charge on any atom is -0.497 e. The van der Waals surface area contributed by atoms with Crippen LogP contribution < -0.4 is 15.4 Å². The SMILES string of the molecule is CCNC(=NCc1cc(C)cc(OC)c1)NC1CCN(Cc2ccccc2)CC1.